The first-order valence-corrected chi connectivity index (χ1v) is 12.0. The Bertz CT molecular complexity index is 1230. The molecular formula is C27H35N5O2. The van der Waals surface area contributed by atoms with Crippen molar-refractivity contribution >= 4 is 11.6 Å². The zero-order valence-corrected chi connectivity index (χ0v) is 21.1. The number of aromatic nitrogens is 3. The highest BCUT2D eigenvalue weighted by Gasteiger charge is 2.33. The van der Waals surface area contributed by atoms with Crippen LogP contribution in [0.15, 0.2) is 41.3 Å². The minimum absolute atomic E-state index is 0.129. The third-order valence-corrected chi connectivity index (χ3v) is 6.70. The van der Waals surface area contributed by atoms with Crippen LogP contribution in [0.5, 0.6) is 0 Å². The van der Waals surface area contributed by atoms with Gasteiger partial charge in [0.25, 0.3) is 5.56 Å². The summed E-state index contributed by atoms with van der Waals surface area (Å²) in [6.45, 7) is 7.46. The lowest BCUT2D eigenvalue weighted by molar-refractivity contribution is 0.0542. The molecule has 1 N–H and O–H groups in total. The number of fused-ring (bicyclic) bond motifs is 1. The number of rotatable bonds is 8. The van der Waals surface area contributed by atoms with Gasteiger partial charge in [0.1, 0.15) is 17.3 Å². The molecule has 0 bridgehead atoms. The average Bonchev–Trinajstić information content (AvgIpc) is 3.17. The fraction of sp³-hybridized carbons (Fsp3) is 0.444. The lowest BCUT2D eigenvalue weighted by Crippen LogP contribution is -2.30. The number of hydrogen-bond acceptors (Lipinski definition) is 6. The molecule has 0 spiro atoms. The number of aryl methyl sites for hydroxylation is 2. The molecule has 7 nitrogen and oxygen atoms in total. The number of benzene rings is 1. The van der Waals surface area contributed by atoms with Gasteiger partial charge in [-0.05, 0) is 49.4 Å². The average molecular weight is 462 g/mol. The van der Waals surface area contributed by atoms with Gasteiger partial charge in [0, 0.05) is 52.0 Å². The molecule has 180 valence electrons. The SMILES string of the molecule is CCO[C@H]1Cc2ccccc2C1CNc1c(CC)nc(-c2cnc(N(C)C)cc2C)c(=O)n1C. The maximum absolute atomic E-state index is 13.4. The molecule has 0 radical (unpaired) electrons. The fourth-order valence-corrected chi connectivity index (χ4v) is 4.84. The first kappa shape index (κ1) is 24.0. The van der Waals surface area contributed by atoms with Crippen LogP contribution < -0.4 is 15.8 Å². The van der Waals surface area contributed by atoms with E-state index in [2.05, 4.69) is 41.5 Å². The summed E-state index contributed by atoms with van der Waals surface area (Å²) in [5.41, 5.74) is 5.60. The third-order valence-electron chi connectivity index (χ3n) is 6.70. The van der Waals surface area contributed by atoms with Gasteiger partial charge < -0.3 is 15.0 Å². The zero-order valence-electron chi connectivity index (χ0n) is 21.1. The molecule has 0 saturated heterocycles. The second-order valence-electron chi connectivity index (χ2n) is 9.11. The topological polar surface area (TPSA) is 72.3 Å². The van der Waals surface area contributed by atoms with Gasteiger partial charge in [-0.25, -0.2) is 9.97 Å². The van der Waals surface area contributed by atoms with Crippen LogP contribution in [0.2, 0.25) is 0 Å². The molecule has 1 aliphatic carbocycles. The third kappa shape index (κ3) is 4.44. The van der Waals surface area contributed by atoms with Crippen LogP contribution in [0.4, 0.5) is 11.6 Å². The molecule has 0 saturated carbocycles. The highest BCUT2D eigenvalue weighted by molar-refractivity contribution is 5.65. The molecular weight excluding hydrogens is 426 g/mol. The number of anilines is 2. The molecule has 0 fully saturated rings. The summed E-state index contributed by atoms with van der Waals surface area (Å²) in [7, 11) is 5.72. The number of hydrogen-bond donors (Lipinski definition) is 1. The van der Waals surface area contributed by atoms with E-state index in [1.165, 1.54) is 11.1 Å². The molecule has 2 heterocycles. The van der Waals surface area contributed by atoms with Crippen molar-refractivity contribution in [2.24, 2.45) is 7.05 Å². The van der Waals surface area contributed by atoms with Crippen molar-refractivity contribution in [1.82, 2.24) is 14.5 Å². The van der Waals surface area contributed by atoms with Gasteiger partial charge in [0.15, 0.2) is 0 Å². The quantitative estimate of drug-likeness (QED) is 0.548. The second-order valence-corrected chi connectivity index (χ2v) is 9.11. The predicted octanol–water partition coefficient (Wildman–Crippen LogP) is 3.94. The largest absolute Gasteiger partial charge is 0.377 e. The number of ether oxygens (including phenoxy) is 1. The lowest BCUT2D eigenvalue weighted by atomic mass is 9.99. The van der Waals surface area contributed by atoms with Gasteiger partial charge in [0.2, 0.25) is 0 Å². The monoisotopic (exact) mass is 461 g/mol. The minimum Gasteiger partial charge on any atom is -0.377 e. The van der Waals surface area contributed by atoms with Gasteiger partial charge in [-0.15, -0.1) is 0 Å². The summed E-state index contributed by atoms with van der Waals surface area (Å²) in [5, 5.41) is 3.56. The molecule has 3 aromatic rings. The Morgan fingerprint density at radius 2 is 2.00 bits per heavy atom. The van der Waals surface area contributed by atoms with Crippen LogP contribution in [-0.2, 0) is 24.6 Å². The molecule has 7 heteroatoms. The Morgan fingerprint density at radius 1 is 1.24 bits per heavy atom. The van der Waals surface area contributed by atoms with E-state index in [0.717, 1.165) is 34.9 Å². The number of nitrogens with zero attached hydrogens (tertiary/aromatic N) is 4. The van der Waals surface area contributed by atoms with Crippen molar-refractivity contribution in [3.05, 3.63) is 69.3 Å². The summed E-state index contributed by atoms with van der Waals surface area (Å²) >= 11 is 0. The van der Waals surface area contributed by atoms with Crippen LogP contribution in [-0.4, -0.2) is 47.9 Å². The van der Waals surface area contributed by atoms with Crippen molar-refractivity contribution < 1.29 is 4.74 Å². The van der Waals surface area contributed by atoms with Crippen LogP contribution in [0.25, 0.3) is 11.3 Å². The number of pyridine rings is 1. The molecule has 1 aromatic carbocycles. The molecule has 34 heavy (non-hydrogen) atoms. The first-order valence-electron chi connectivity index (χ1n) is 12.0. The normalized spacial score (nSPS) is 17.0. The van der Waals surface area contributed by atoms with Crippen LogP contribution in [0.1, 0.15) is 42.1 Å². The standard InChI is InChI=1S/C27H35N5O2/c1-7-22-26(29-16-21-19-12-10-9-11-18(19)14-23(21)34-8-2)32(6)27(33)25(30-22)20-15-28-24(31(4)5)13-17(20)3/h9-13,15,21,23,29H,7-8,14,16H2,1-6H3/t21?,23-/m0/s1. The summed E-state index contributed by atoms with van der Waals surface area (Å²) in [6, 6.07) is 10.5. The van der Waals surface area contributed by atoms with E-state index < -0.39 is 0 Å². The Hall–Kier alpha value is -3.19. The van der Waals surface area contributed by atoms with Crippen molar-refractivity contribution in [2.45, 2.75) is 45.6 Å². The van der Waals surface area contributed by atoms with E-state index in [0.29, 0.717) is 25.3 Å². The summed E-state index contributed by atoms with van der Waals surface area (Å²) in [6.07, 6.45) is 3.51. The van der Waals surface area contributed by atoms with Gasteiger partial charge in [-0.3, -0.25) is 9.36 Å². The molecule has 1 unspecified atom stereocenters. The Morgan fingerprint density at radius 3 is 2.68 bits per heavy atom. The van der Waals surface area contributed by atoms with Gasteiger partial charge in [-0.1, -0.05) is 31.2 Å². The van der Waals surface area contributed by atoms with E-state index in [1.54, 1.807) is 10.8 Å². The summed E-state index contributed by atoms with van der Waals surface area (Å²) < 4.78 is 7.77. The van der Waals surface area contributed by atoms with E-state index in [-0.39, 0.29) is 17.6 Å². The Kier molecular flexibility index (Phi) is 7.03. The molecule has 2 aromatic heterocycles. The summed E-state index contributed by atoms with van der Waals surface area (Å²) in [4.78, 5) is 24.7. The van der Waals surface area contributed by atoms with Crippen molar-refractivity contribution in [1.29, 1.82) is 0 Å². The maximum Gasteiger partial charge on any atom is 0.278 e. The molecule has 2 atom stereocenters. The lowest BCUT2D eigenvalue weighted by Gasteiger charge is -2.23. The highest BCUT2D eigenvalue weighted by atomic mass is 16.5. The van der Waals surface area contributed by atoms with Gasteiger partial charge in [-0.2, -0.15) is 0 Å². The molecule has 0 amide bonds. The molecule has 0 aliphatic heterocycles. The maximum atomic E-state index is 13.4. The first-order chi connectivity index (χ1) is 16.3. The smallest absolute Gasteiger partial charge is 0.278 e. The second kappa shape index (κ2) is 9.97. The van der Waals surface area contributed by atoms with E-state index in [9.17, 15) is 4.79 Å². The highest BCUT2D eigenvalue weighted by Crippen LogP contribution is 2.35. The molecule has 1 aliphatic rings. The Balaban J connectivity index is 1.66. The summed E-state index contributed by atoms with van der Waals surface area (Å²) in [5.74, 6) is 1.85. The van der Waals surface area contributed by atoms with Crippen molar-refractivity contribution in [3.63, 3.8) is 0 Å². The van der Waals surface area contributed by atoms with Crippen molar-refractivity contribution in [2.75, 3.05) is 37.5 Å². The zero-order chi connectivity index (χ0) is 24.4. The predicted molar refractivity (Wildman–Crippen MR) is 138 cm³/mol. The van der Waals surface area contributed by atoms with Crippen molar-refractivity contribution in [3.8, 4) is 11.3 Å². The molecule has 4 rings (SSSR count). The van der Waals surface area contributed by atoms with E-state index in [4.69, 9.17) is 9.72 Å². The van der Waals surface area contributed by atoms with Crippen LogP contribution in [0.3, 0.4) is 0 Å². The fourth-order valence-electron chi connectivity index (χ4n) is 4.84. The van der Waals surface area contributed by atoms with Crippen LogP contribution in [0, 0.1) is 6.92 Å². The van der Waals surface area contributed by atoms with E-state index in [1.807, 2.05) is 46.0 Å². The number of nitrogens with one attached hydrogen (secondary N) is 1. The van der Waals surface area contributed by atoms with E-state index >= 15 is 0 Å². The van der Waals surface area contributed by atoms with Gasteiger partial charge in [0.05, 0.1) is 11.8 Å². The van der Waals surface area contributed by atoms with Crippen LogP contribution >= 0.6 is 0 Å². The van der Waals surface area contributed by atoms with Gasteiger partial charge >= 0.3 is 0 Å². The minimum atomic E-state index is -0.129. The Labute approximate surface area is 201 Å².